The molecule has 4 heterocycles. The maximum Gasteiger partial charge on any atom is 0.232 e. The predicted octanol–water partition coefficient (Wildman–Crippen LogP) is 2.19. The third-order valence-electron chi connectivity index (χ3n) is 4.47. The van der Waals surface area contributed by atoms with Crippen LogP contribution >= 0.6 is 0 Å². The molecule has 0 amide bonds. The van der Waals surface area contributed by atoms with Crippen molar-refractivity contribution in [2.24, 2.45) is 0 Å². The van der Waals surface area contributed by atoms with Crippen LogP contribution in [0.3, 0.4) is 0 Å². The molecule has 0 bridgehead atoms. The van der Waals surface area contributed by atoms with E-state index >= 15 is 0 Å². The fraction of sp³-hybridized carbons (Fsp3) is 0.529. The first-order chi connectivity index (χ1) is 11.2. The Morgan fingerprint density at radius 3 is 3.00 bits per heavy atom. The summed E-state index contributed by atoms with van der Waals surface area (Å²) in [6, 6.07) is 4.05. The summed E-state index contributed by atoms with van der Waals surface area (Å²) < 4.78 is 17.7. The second kappa shape index (κ2) is 5.94. The Balaban J connectivity index is 1.32. The number of aryl methyl sites for hydroxylation is 1. The van der Waals surface area contributed by atoms with Crippen molar-refractivity contribution in [3.05, 3.63) is 42.2 Å². The van der Waals surface area contributed by atoms with Gasteiger partial charge in [-0.1, -0.05) is 0 Å². The average molecular weight is 315 g/mol. The van der Waals surface area contributed by atoms with Gasteiger partial charge in [0, 0.05) is 38.3 Å². The van der Waals surface area contributed by atoms with Crippen LogP contribution in [0.1, 0.15) is 24.4 Å². The van der Waals surface area contributed by atoms with Crippen LogP contribution in [0.2, 0.25) is 0 Å². The van der Waals surface area contributed by atoms with E-state index in [2.05, 4.69) is 14.9 Å². The van der Waals surface area contributed by atoms with Crippen LogP contribution in [0.5, 0.6) is 5.88 Å². The lowest BCUT2D eigenvalue weighted by Gasteiger charge is -2.52. The van der Waals surface area contributed by atoms with E-state index in [1.807, 2.05) is 19.1 Å². The first-order valence-electron chi connectivity index (χ1n) is 8.05. The largest absolute Gasteiger partial charge is 0.473 e. The summed E-state index contributed by atoms with van der Waals surface area (Å²) in [5.41, 5.74) is -0.0766. The minimum atomic E-state index is -0.0766. The number of ether oxygens (including phenoxy) is 2. The maximum absolute atomic E-state index is 6.05. The lowest BCUT2D eigenvalue weighted by atomic mass is 9.84. The molecule has 1 spiro atoms. The highest BCUT2D eigenvalue weighted by Gasteiger charge is 2.48. The Kier molecular flexibility index (Phi) is 3.79. The first kappa shape index (κ1) is 14.7. The molecule has 0 aromatic carbocycles. The second-order valence-corrected chi connectivity index (χ2v) is 6.47. The fourth-order valence-corrected chi connectivity index (χ4v) is 3.49. The van der Waals surface area contributed by atoms with Gasteiger partial charge in [0.05, 0.1) is 24.9 Å². The zero-order valence-electron chi connectivity index (χ0n) is 13.3. The van der Waals surface area contributed by atoms with E-state index in [0.29, 0.717) is 5.88 Å². The Hall–Kier alpha value is -1.92. The minimum Gasteiger partial charge on any atom is -0.473 e. The Labute approximate surface area is 135 Å². The summed E-state index contributed by atoms with van der Waals surface area (Å²) in [6.45, 7) is 5.40. The quantitative estimate of drug-likeness (QED) is 0.862. The molecule has 4 rings (SSSR count). The van der Waals surface area contributed by atoms with E-state index in [4.69, 9.17) is 13.9 Å². The zero-order chi connectivity index (χ0) is 15.7. The maximum atomic E-state index is 6.05. The summed E-state index contributed by atoms with van der Waals surface area (Å²) in [6.07, 6.45) is 6.91. The highest BCUT2D eigenvalue weighted by atomic mass is 16.5. The van der Waals surface area contributed by atoms with Crippen LogP contribution in [-0.2, 0) is 11.3 Å². The van der Waals surface area contributed by atoms with Crippen LogP contribution in [0.15, 0.2) is 35.1 Å². The smallest absolute Gasteiger partial charge is 0.232 e. The molecule has 2 saturated heterocycles. The topological polar surface area (TPSA) is 60.6 Å². The molecule has 2 aromatic rings. The van der Waals surface area contributed by atoms with Gasteiger partial charge < -0.3 is 13.9 Å². The van der Waals surface area contributed by atoms with Crippen molar-refractivity contribution in [1.29, 1.82) is 0 Å². The molecule has 1 unspecified atom stereocenters. The molecule has 2 aliphatic heterocycles. The van der Waals surface area contributed by atoms with Gasteiger partial charge in [-0.3, -0.25) is 9.88 Å². The summed E-state index contributed by atoms with van der Waals surface area (Å²) in [5, 5.41) is 0. The molecule has 0 radical (unpaired) electrons. The SMILES string of the molecule is Cc1ccc(CN2CC3(CC(Oc4cnccn4)CCO3)C2)o1. The van der Waals surface area contributed by atoms with Crippen LogP contribution in [0.4, 0.5) is 0 Å². The third kappa shape index (κ3) is 3.23. The number of hydrogen-bond acceptors (Lipinski definition) is 6. The molecule has 1 atom stereocenters. The molecule has 0 saturated carbocycles. The standard InChI is InChI=1S/C17H21N3O3/c1-13-2-3-15(22-13)10-20-11-17(12-20)8-14(4-7-21-17)23-16-9-18-5-6-19-16/h2-3,5-6,9,14H,4,7-8,10-12H2,1H3. The predicted molar refractivity (Wildman–Crippen MR) is 83.1 cm³/mol. The van der Waals surface area contributed by atoms with Gasteiger partial charge in [-0.15, -0.1) is 0 Å². The number of nitrogens with zero attached hydrogens (tertiary/aromatic N) is 3. The highest BCUT2D eigenvalue weighted by Crippen LogP contribution is 2.36. The monoisotopic (exact) mass is 315 g/mol. The summed E-state index contributed by atoms with van der Waals surface area (Å²) in [7, 11) is 0. The van der Waals surface area contributed by atoms with Gasteiger partial charge in [-0.2, -0.15) is 0 Å². The summed E-state index contributed by atoms with van der Waals surface area (Å²) in [4.78, 5) is 10.6. The molecule has 6 nitrogen and oxygen atoms in total. The molecule has 2 aliphatic rings. The van der Waals surface area contributed by atoms with Crippen molar-refractivity contribution in [3.8, 4) is 5.88 Å². The normalized spacial score (nSPS) is 23.6. The van der Waals surface area contributed by atoms with E-state index in [1.165, 1.54) is 0 Å². The average Bonchev–Trinajstić information content (AvgIpc) is 2.92. The number of likely N-dealkylation sites (tertiary alicyclic amines) is 1. The van der Waals surface area contributed by atoms with Crippen molar-refractivity contribution in [1.82, 2.24) is 14.9 Å². The molecular weight excluding hydrogens is 294 g/mol. The highest BCUT2D eigenvalue weighted by molar-refractivity contribution is 5.09. The van der Waals surface area contributed by atoms with Gasteiger partial charge in [0.15, 0.2) is 0 Å². The van der Waals surface area contributed by atoms with Crippen molar-refractivity contribution >= 4 is 0 Å². The van der Waals surface area contributed by atoms with Crippen LogP contribution in [0.25, 0.3) is 0 Å². The Morgan fingerprint density at radius 2 is 2.26 bits per heavy atom. The molecule has 23 heavy (non-hydrogen) atoms. The molecular formula is C17H21N3O3. The van der Waals surface area contributed by atoms with Gasteiger partial charge in [0.25, 0.3) is 0 Å². The number of hydrogen-bond donors (Lipinski definition) is 0. The first-order valence-corrected chi connectivity index (χ1v) is 8.05. The van der Waals surface area contributed by atoms with Gasteiger partial charge in [-0.05, 0) is 19.1 Å². The molecule has 122 valence electrons. The van der Waals surface area contributed by atoms with Crippen molar-refractivity contribution in [2.45, 2.75) is 38.0 Å². The number of rotatable bonds is 4. The van der Waals surface area contributed by atoms with Gasteiger partial charge >= 0.3 is 0 Å². The lowest BCUT2D eigenvalue weighted by Crippen LogP contribution is -2.65. The Morgan fingerprint density at radius 1 is 1.35 bits per heavy atom. The van der Waals surface area contributed by atoms with Crippen LogP contribution in [-0.4, -0.2) is 46.3 Å². The van der Waals surface area contributed by atoms with E-state index in [1.54, 1.807) is 18.6 Å². The van der Waals surface area contributed by atoms with E-state index < -0.39 is 0 Å². The van der Waals surface area contributed by atoms with Gasteiger partial charge in [-0.25, -0.2) is 4.98 Å². The molecule has 0 aliphatic carbocycles. The third-order valence-corrected chi connectivity index (χ3v) is 4.47. The van der Waals surface area contributed by atoms with Crippen LogP contribution < -0.4 is 4.74 Å². The summed E-state index contributed by atoms with van der Waals surface area (Å²) >= 11 is 0. The number of aromatic nitrogens is 2. The van der Waals surface area contributed by atoms with Crippen molar-refractivity contribution in [2.75, 3.05) is 19.7 Å². The molecule has 2 aromatic heterocycles. The number of furan rings is 1. The zero-order valence-corrected chi connectivity index (χ0v) is 13.3. The van der Waals surface area contributed by atoms with E-state index in [0.717, 1.165) is 50.6 Å². The van der Waals surface area contributed by atoms with Gasteiger partial charge in [0.2, 0.25) is 5.88 Å². The van der Waals surface area contributed by atoms with Gasteiger partial charge in [0.1, 0.15) is 17.6 Å². The second-order valence-electron chi connectivity index (χ2n) is 6.47. The van der Waals surface area contributed by atoms with Crippen LogP contribution in [0, 0.1) is 6.92 Å². The molecule has 2 fully saturated rings. The minimum absolute atomic E-state index is 0.0766. The van der Waals surface area contributed by atoms with E-state index in [9.17, 15) is 0 Å². The van der Waals surface area contributed by atoms with Crippen molar-refractivity contribution < 1.29 is 13.9 Å². The Bertz CT molecular complexity index is 652. The van der Waals surface area contributed by atoms with E-state index in [-0.39, 0.29) is 11.7 Å². The lowest BCUT2D eigenvalue weighted by molar-refractivity contribution is -0.189. The summed E-state index contributed by atoms with van der Waals surface area (Å²) in [5.74, 6) is 2.57. The molecule has 6 heteroatoms. The van der Waals surface area contributed by atoms with Crippen molar-refractivity contribution in [3.63, 3.8) is 0 Å². The molecule has 0 N–H and O–H groups in total. The fourth-order valence-electron chi connectivity index (χ4n) is 3.49.